The molecule has 0 rings (SSSR count). The molecule has 0 aromatic heterocycles. The van der Waals surface area contributed by atoms with Crippen LogP contribution in [0.25, 0.3) is 0 Å². The van der Waals surface area contributed by atoms with Gasteiger partial charge < -0.3 is 5.73 Å². The highest BCUT2D eigenvalue weighted by molar-refractivity contribution is 6.27. The molecule has 0 saturated heterocycles. The van der Waals surface area contributed by atoms with E-state index in [4.69, 9.17) is 23.2 Å². The van der Waals surface area contributed by atoms with Crippen molar-refractivity contribution in [2.75, 3.05) is 5.88 Å². The third-order valence-corrected chi connectivity index (χ3v) is 1.19. The SMILES string of the molecule is C=CC(N)=O.CC(Cl)CCl. The van der Waals surface area contributed by atoms with Crippen molar-refractivity contribution >= 4 is 29.1 Å². The molecule has 0 saturated carbocycles. The fourth-order valence-corrected chi connectivity index (χ4v) is 0. The molecule has 2 nitrogen and oxygen atoms in total. The van der Waals surface area contributed by atoms with Gasteiger partial charge in [-0.1, -0.05) is 6.58 Å². The standard InChI is InChI=1S/C3H6Cl2.C3H5NO/c1-3(5)2-4;1-2-3(4)5/h3H,2H2,1H3;2H,1H2,(H2,4,5). The second kappa shape index (κ2) is 8.79. The molecular formula is C6H11Cl2NO. The minimum atomic E-state index is -0.481. The van der Waals surface area contributed by atoms with Crippen LogP contribution in [-0.2, 0) is 4.79 Å². The Bertz CT molecular complexity index is 104. The molecule has 0 aliphatic rings. The average molecular weight is 184 g/mol. The Balaban J connectivity index is 0. The highest BCUT2D eigenvalue weighted by Crippen LogP contribution is 1.93. The maximum absolute atomic E-state index is 9.47. The third kappa shape index (κ3) is 25.0. The molecule has 0 radical (unpaired) electrons. The van der Waals surface area contributed by atoms with E-state index >= 15 is 0 Å². The monoisotopic (exact) mass is 183 g/mol. The summed E-state index contributed by atoms with van der Waals surface area (Å²) in [5.74, 6) is 0.0617. The largest absolute Gasteiger partial charge is 0.366 e. The van der Waals surface area contributed by atoms with Crippen LogP contribution in [0, 0.1) is 0 Å². The van der Waals surface area contributed by atoms with Crippen molar-refractivity contribution in [2.24, 2.45) is 5.73 Å². The van der Waals surface area contributed by atoms with Crippen LogP contribution in [0.1, 0.15) is 6.92 Å². The zero-order valence-electron chi connectivity index (χ0n) is 5.81. The second-order valence-electron chi connectivity index (χ2n) is 1.54. The maximum Gasteiger partial charge on any atom is 0.240 e. The zero-order chi connectivity index (χ0) is 8.57. The predicted octanol–water partition coefficient (Wildman–Crippen LogP) is 1.51. The molecule has 1 atom stereocenters. The Morgan fingerprint density at radius 1 is 1.90 bits per heavy atom. The van der Waals surface area contributed by atoms with E-state index in [1.54, 1.807) is 0 Å². The lowest BCUT2D eigenvalue weighted by molar-refractivity contribution is -0.113. The van der Waals surface area contributed by atoms with E-state index in [1.165, 1.54) is 0 Å². The van der Waals surface area contributed by atoms with Crippen LogP contribution in [0.15, 0.2) is 12.7 Å². The van der Waals surface area contributed by atoms with Crippen molar-refractivity contribution in [3.63, 3.8) is 0 Å². The molecule has 0 spiro atoms. The van der Waals surface area contributed by atoms with Crippen LogP contribution >= 0.6 is 23.2 Å². The number of carbonyl (C=O) groups is 1. The topological polar surface area (TPSA) is 43.1 Å². The third-order valence-electron chi connectivity index (χ3n) is 0.414. The number of halogens is 2. The van der Waals surface area contributed by atoms with Crippen LogP contribution < -0.4 is 5.73 Å². The molecule has 0 aromatic carbocycles. The molecule has 4 heteroatoms. The van der Waals surface area contributed by atoms with Crippen molar-refractivity contribution in [1.82, 2.24) is 0 Å². The van der Waals surface area contributed by atoms with E-state index in [0.717, 1.165) is 6.08 Å². The Labute approximate surface area is 71.0 Å². The van der Waals surface area contributed by atoms with Gasteiger partial charge in [0, 0.05) is 11.3 Å². The van der Waals surface area contributed by atoms with Gasteiger partial charge in [-0.2, -0.15) is 0 Å². The number of carbonyl (C=O) groups excluding carboxylic acids is 1. The summed E-state index contributed by atoms with van der Waals surface area (Å²) in [6, 6.07) is 0. The number of alkyl halides is 2. The van der Waals surface area contributed by atoms with Gasteiger partial charge in [0.05, 0.1) is 0 Å². The summed E-state index contributed by atoms with van der Waals surface area (Å²) < 4.78 is 0. The zero-order valence-corrected chi connectivity index (χ0v) is 7.32. The Morgan fingerprint density at radius 2 is 2.10 bits per heavy atom. The number of hydrogen-bond acceptors (Lipinski definition) is 1. The summed E-state index contributed by atoms with van der Waals surface area (Å²) in [5.41, 5.74) is 4.53. The van der Waals surface area contributed by atoms with Gasteiger partial charge in [0.15, 0.2) is 0 Å². The number of rotatable bonds is 2. The first-order chi connectivity index (χ1) is 4.54. The summed E-state index contributed by atoms with van der Waals surface area (Å²) in [7, 11) is 0. The molecule has 0 bridgehead atoms. The highest BCUT2D eigenvalue weighted by atomic mass is 35.5. The first-order valence-corrected chi connectivity index (χ1v) is 3.63. The smallest absolute Gasteiger partial charge is 0.240 e. The minimum absolute atomic E-state index is 0.122. The normalized spacial score (nSPS) is 10.7. The fourth-order valence-electron chi connectivity index (χ4n) is 0. The first-order valence-electron chi connectivity index (χ1n) is 2.66. The van der Waals surface area contributed by atoms with Gasteiger partial charge in [-0.05, 0) is 13.0 Å². The van der Waals surface area contributed by atoms with Gasteiger partial charge >= 0.3 is 0 Å². The van der Waals surface area contributed by atoms with Crippen molar-refractivity contribution < 1.29 is 4.79 Å². The molecule has 1 amide bonds. The van der Waals surface area contributed by atoms with Gasteiger partial charge in [-0.25, -0.2) is 0 Å². The average Bonchev–Trinajstić information content (AvgIpc) is 1.89. The van der Waals surface area contributed by atoms with Gasteiger partial charge in [0.2, 0.25) is 5.91 Å². The Kier molecular flexibility index (Phi) is 11.0. The van der Waals surface area contributed by atoms with Crippen LogP contribution in [0.3, 0.4) is 0 Å². The lowest BCUT2D eigenvalue weighted by Crippen LogP contribution is -2.04. The lowest BCUT2D eigenvalue weighted by Gasteiger charge is -1.85. The molecule has 10 heavy (non-hydrogen) atoms. The van der Waals surface area contributed by atoms with Gasteiger partial charge in [-0.15, -0.1) is 23.2 Å². The number of amides is 1. The van der Waals surface area contributed by atoms with Crippen molar-refractivity contribution in [2.45, 2.75) is 12.3 Å². The molecule has 0 aliphatic heterocycles. The van der Waals surface area contributed by atoms with Crippen molar-refractivity contribution in [3.8, 4) is 0 Å². The molecule has 2 N–H and O–H groups in total. The predicted molar refractivity (Wildman–Crippen MR) is 45.4 cm³/mol. The molecule has 0 aromatic rings. The van der Waals surface area contributed by atoms with E-state index in [-0.39, 0.29) is 5.38 Å². The van der Waals surface area contributed by atoms with Crippen LogP contribution in [0.4, 0.5) is 0 Å². The molecular weight excluding hydrogens is 173 g/mol. The van der Waals surface area contributed by atoms with E-state index in [0.29, 0.717) is 5.88 Å². The summed E-state index contributed by atoms with van der Waals surface area (Å²) in [4.78, 5) is 9.47. The summed E-state index contributed by atoms with van der Waals surface area (Å²) in [6.45, 7) is 4.94. The minimum Gasteiger partial charge on any atom is -0.366 e. The summed E-state index contributed by atoms with van der Waals surface area (Å²) in [6.07, 6.45) is 1.06. The van der Waals surface area contributed by atoms with Gasteiger partial charge in [0.1, 0.15) is 0 Å². The van der Waals surface area contributed by atoms with E-state index in [2.05, 4.69) is 12.3 Å². The van der Waals surface area contributed by atoms with Crippen LogP contribution in [0.2, 0.25) is 0 Å². The van der Waals surface area contributed by atoms with E-state index < -0.39 is 5.91 Å². The molecule has 0 heterocycles. The van der Waals surface area contributed by atoms with Crippen molar-refractivity contribution in [1.29, 1.82) is 0 Å². The Hall–Kier alpha value is -0.210. The summed E-state index contributed by atoms with van der Waals surface area (Å²) >= 11 is 10.5. The second-order valence-corrected chi connectivity index (χ2v) is 2.60. The maximum atomic E-state index is 9.47. The number of primary amides is 1. The molecule has 0 fully saturated rings. The van der Waals surface area contributed by atoms with Crippen LogP contribution in [0.5, 0.6) is 0 Å². The van der Waals surface area contributed by atoms with Gasteiger partial charge in [0.25, 0.3) is 0 Å². The van der Waals surface area contributed by atoms with Crippen molar-refractivity contribution in [3.05, 3.63) is 12.7 Å². The highest BCUT2D eigenvalue weighted by Gasteiger charge is 1.85. The number of hydrogen-bond donors (Lipinski definition) is 1. The Morgan fingerprint density at radius 3 is 2.10 bits per heavy atom. The molecule has 60 valence electrons. The number of nitrogens with two attached hydrogens (primary N) is 1. The first kappa shape index (κ1) is 12.5. The van der Waals surface area contributed by atoms with Gasteiger partial charge in [-0.3, -0.25) is 4.79 Å². The van der Waals surface area contributed by atoms with Crippen LogP contribution in [-0.4, -0.2) is 17.2 Å². The fraction of sp³-hybridized carbons (Fsp3) is 0.500. The quantitative estimate of drug-likeness (QED) is 0.513. The molecule has 0 aliphatic carbocycles. The lowest BCUT2D eigenvalue weighted by atomic mass is 10.6. The van der Waals surface area contributed by atoms with E-state index in [9.17, 15) is 4.79 Å². The summed E-state index contributed by atoms with van der Waals surface area (Å²) in [5, 5.41) is 0.122. The van der Waals surface area contributed by atoms with E-state index in [1.807, 2.05) is 6.92 Å². The molecule has 1 unspecified atom stereocenters.